The molecule has 1 atom stereocenters. The molecule has 0 radical (unpaired) electrons. The minimum Gasteiger partial charge on any atom is -0.395 e. The van der Waals surface area contributed by atoms with E-state index in [0.717, 1.165) is 22.3 Å². The number of ether oxygens (including phenoxy) is 1. The lowest BCUT2D eigenvalue weighted by atomic mass is 9.97. The van der Waals surface area contributed by atoms with Gasteiger partial charge in [0, 0.05) is 18.7 Å². The predicted molar refractivity (Wildman–Crippen MR) is 87.6 cm³/mol. The van der Waals surface area contributed by atoms with Crippen LogP contribution in [0.1, 0.15) is 17.4 Å². The molecule has 0 fully saturated rings. The quantitative estimate of drug-likeness (QED) is 0.686. The molecule has 0 bridgehead atoms. The first kappa shape index (κ1) is 16.9. The molecule has 118 valence electrons. The molecule has 2 rings (SSSR count). The van der Waals surface area contributed by atoms with Crippen molar-refractivity contribution in [3.8, 4) is 11.1 Å². The van der Waals surface area contributed by atoms with Crippen LogP contribution >= 0.6 is 11.6 Å². The molecule has 2 aromatic carbocycles. The Labute approximate surface area is 135 Å². The summed E-state index contributed by atoms with van der Waals surface area (Å²) >= 11 is 5.93. The Morgan fingerprint density at radius 1 is 1.18 bits per heavy atom. The number of halogens is 1. The molecule has 0 heterocycles. The van der Waals surface area contributed by atoms with Crippen LogP contribution in [-0.2, 0) is 11.3 Å². The zero-order valence-electron chi connectivity index (χ0n) is 12.4. The maximum atomic E-state index is 10.1. The van der Waals surface area contributed by atoms with Crippen LogP contribution in [0.25, 0.3) is 11.1 Å². The van der Waals surface area contributed by atoms with Crippen molar-refractivity contribution in [3.05, 3.63) is 58.6 Å². The summed E-state index contributed by atoms with van der Waals surface area (Å²) < 4.78 is 5.26. The van der Waals surface area contributed by atoms with Gasteiger partial charge in [-0.1, -0.05) is 35.9 Å². The third kappa shape index (κ3) is 4.29. The second kappa shape index (κ2) is 8.27. The molecule has 0 saturated carbocycles. The Balaban J connectivity index is 2.32. The number of methoxy groups -OCH3 is 1. The van der Waals surface area contributed by atoms with Crippen LogP contribution in [0.3, 0.4) is 0 Å². The van der Waals surface area contributed by atoms with E-state index >= 15 is 0 Å². The highest BCUT2D eigenvalue weighted by molar-refractivity contribution is 6.30. The lowest BCUT2D eigenvalue weighted by Crippen LogP contribution is -2.24. The first-order valence-corrected chi connectivity index (χ1v) is 7.43. The zero-order valence-corrected chi connectivity index (χ0v) is 13.2. The van der Waals surface area contributed by atoms with Gasteiger partial charge in [-0.2, -0.15) is 0 Å². The van der Waals surface area contributed by atoms with Crippen LogP contribution in [0, 0.1) is 0 Å². The zero-order chi connectivity index (χ0) is 15.9. The van der Waals surface area contributed by atoms with Crippen molar-refractivity contribution >= 4 is 11.6 Å². The van der Waals surface area contributed by atoms with E-state index < -0.39 is 6.23 Å². The number of hydrogen-bond acceptors (Lipinski definition) is 4. The number of hydrogen-bond donors (Lipinski definition) is 3. The van der Waals surface area contributed by atoms with Crippen LogP contribution < -0.4 is 5.32 Å². The summed E-state index contributed by atoms with van der Waals surface area (Å²) in [7, 11) is 1.64. The molecular weight excluding hydrogens is 302 g/mol. The van der Waals surface area contributed by atoms with Crippen molar-refractivity contribution in [1.82, 2.24) is 5.32 Å². The molecule has 22 heavy (non-hydrogen) atoms. The Hall–Kier alpha value is -1.43. The van der Waals surface area contributed by atoms with Gasteiger partial charge < -0.3 is 14.9 Å². The van der Waals surface area contributed by atoms with Gasteiger partial charge in [-0.3, -0.25) is 5.32 Å². The first-order valence-electron chi connectivity index (χ1n) is 7.05. The fourth-order valence-electron chi connectivity index (χ4n) is 2.29. The molecule has 0 aromatic heterocycles. The number of aliphatic hydroxyl groups is 2. The Kier molecular flexibility index (Phi) is 6.36. The first-order chi connectivity index (χ1) is 10.7. The minimum atomic E-state index is -0.818. The summed E-state index contributed by atoms with van der Waals surface area (Å²) in [6, 6.07) is 13.3. The summed E-state index contributed by atoms with van der Waals surface area (Å²) in [5.74, 6) is 0. The molecule has 0 amide bonds. The molecule has 0 saturated heterocycles. The van der Waals surface area contributed by atoms with Crippen molar-refractivity contribution in [3.63, 3.8) is 0 Å². The van der Waals surface area contributed by atoms with Crippen molar-refractivity contribution in [1.29, 1.82) is 0 Å². The summed E-state index contributed by atoms with van der Waals surface area (Å²) in [6.45, 7) is 0.753. The molecular formula is C17H20ClNO3. The van der Waals surface area contributed by atoms with E-state index in [0.29, 0.717) is 18.2 Å². The lowest BCUT2D eigenvalue weighted by molar-refractivity contribution is 0.129. The number of rotatable bonds is 7. The fourth-order valence-corrected chi connectivity index (χ4v) is 2.41. The molecule has 1 unspecified atom stereocenters. The Bertz CT molecular complexity index is 601. The summed E-state index contributed by atoms with van der Waals surface area (Å²) in [6.07, 6.45) is -0.818. The molecule has 0 spiro atoms. The Morgan fingerprint density at radius 2 is 1.91 bits per heavy atom. The minimum absolute atomic E-state index is 0.0230. The predicted octanol–water partition coefficient (Wildman–Crippen LogP) is 2.73. The van der Waals surface area contributed by atoms with Gasteiger partial charge in [0.05, 0.1) is 13.2 Å². The van der Waals surface area contributed by atoms with Gasteiger partial charge in [-0.15, -0.1) is 0 Å². The van der Waals surface area contributed by atoms with Gasteiger partial charge >= 0.3 is 0 Å². The van der Waals surface area contributed by atoms with Crippen LogP contribution in [0.2, 0.25) is 5.02 Å². The van der Waals surface area contributed by atoms with Crippen LogP contribution in [0.15, 0.2) is 42.5 Å². The molecule has 0 aliphatic rings. The van der Waals surface area contributed by atoms with E-state index in [-0.39, 0.29) is 6.61 Å². The van der Waals surface area contributed by atoms with Gasteiger partial charge in [0.15, 0.2) is 0 Å². The maximum absolute atomic E-state index is 10.1. The third-order valence-electron chi connectivity index (χ3n) is 3.35. The van der Waals surface area contributed by atoms with Crippen LogP contribution in [0.4, 0.5) is 0 Å². The molecule has 2 aromatic rings. The maximum Gasteiger partial charge on any atom is 0.131 e. The molecule has 0 aliphatic carbocycles. The van der Waals surface area contributed by atoms with E-state index in [1.807, 2.05) is 42.5 Å². The molecule has 3 N–H and O–H groups in total. The number of nitrogens with one attached hydrogen (secondary N) is 1. The van der Waals surface area contributed by atoms with Crippen molar-refractivity contribution < 1.29 is 14.9 Å². The summed E-state index contributed by atoms with van der Waals surface area (Å²) in [5, 5.41) is 22.4. The highest BCUT2D eigenvalue weighted by Gasteiger charge is 2.11. The second-order valence-corrected chi connectivity index (χ2v) is 5.37. The normalized spacial score (nSPS) is 12.4. The van der Waals surface area contributed by atoms with E-state index in [1.54, 1.807) is 7.11 Å². The molecule has 5 heteroatoms. The fraction of sp³-hybridized carbons (Fsp3) is 0.294. The van der Waals surface area contributed by atoms with Gasteiger partial charge in [0.1, 0.15) is 6.23 Å². The van der Waals surface area contributed by atoms with Crippen LogP contribution in [0.5, 0.6) is 0 Å². The SMILES string of the molecule is COCc1cc(C(O)NCCO)ccc1-c1ccc(Cl)cc1. The van der Waals surface area contributed by atoms with Crippen LogP contribution in [-0.4, -0.2) is 30.5 Å². The average Bonchev–Trinajstić information content (AvgIpc) is 2.54. The van der Waals surface area contributed by atoms with Gasteiger partial charge in [-0.05, 0) is 40.5 Å². The third-order valence-corrected chi connectivity index (χ3v) is 3.60. The molecule has 4 nitrogen and oxygen atoms in total. The summed E-state index contributed by atoms with van der Waals surface area (Å²) in [4.78, 5) is 0. The van der Waals surface area contributed by atoms with E-state index in [1.165, 1.54) is 0 Å². The standard InChI is InChI=1S/C17H20ClNO3/c1-22-11-14-10-13(17(21)19-8-9-20)4-7-16(14)12-2-5-15(18)6-3-12/h2-7,10,17,19-21H,8-9,11H2,1H3. The van der Waals surface area contributed by atoms with Gasteiger partial charge in [0.25, 0.3) is 0 Å². The number of benzene rings is 2. The van der Waals surface area contributed by atoms with Gasteiger partial charge in [-0.25, -0.2) is 0 Å². The smallest absolute Gasteiger partial charge is 0.131 e. The van der Waals surface area contributed by atoms with E-state index in [2.05, 4.69) is 5.32 Å². The van der Waals surface area contributed by atoms with E-state index in [4.69, 9.17) is 21.4 Å². The van der Waals surface area contributed by atoms with Crippen molar-refractivity contribution in [2.45, 2.75) is 12.8 Å². The highest BCUT2D eigenvalue weighted by Crippen LogP contribution is 2.28. The lowest BCUT2D eigenvalue weighted by Gasteiger charge is -2.16. The summed E-state index contributed by atoms with van der Waals surface area (Å²) in [5.41, 5.74) is 3.79. The highest BCUT2D eigenvalue weighted by atomic mass is 35.5. The van der Waals surface area contributed by atoms with Crippen molar-refractivity contribution in [2.24, 2.45) is 0 Å². The monoisotopic (exact) mass is 321 g/mol. The van der Waals surface area contributed by atoms with Gasteiger partial charge in [0.2, 0.25) is 0 Å². The topological polar surface area (TPSA) is 61.7 Å². The average molecular weight is 322 g/mol. The number of aliphatic hydroxyl groups excluding tert-OH is 2. The second-order valence-electron chi connectivity index (χ2n) is 4.94. The largest absolute Gasteiger partial charge is 0.395 e. The molecule has 0 aliphatic heterocycles. The van der Waals surface area contributed by atoms with E-state index in [9.17, 15) is 5.11 Å². The van der Waals surface area contributed by atoms with Crippen molar-refractivity contribution in [2.75, 3.05) is 20.3 Å². The Morgan fingerprint density at radius 3 is 2.55 bits per heavy atom.